The maximum atomic E-state index is 5.40. The van der Waals surface area contributed by atoms with Gasteiger partial charge in [-0.2, -0.15) is 16.7 Å². The Morgan fingerprint density at radius 2 is 2.06 bits per heavy atom. The second-order valence-electron chi connectivity index (χ2n) is 3.22. The molecular formula is C11H13N3OS. The highest BCUT2D eigenvalue weighted by Crippen LogP contribution is 2.17. The molecule has 1 heterocycles. The maximum Gasteiger partial charge on any atom is 0.236 e. The Labute approximate surface area is 98.2 Å². The van der Waals surface area contributed by atoms with E-state index in [1.807, 2.05) is 30.3 Å². The third-order valence-corrected chi connectivity index (χ3v) is 2.96. The highest BCUT2D eigenvalue weighted by molar-refractivity contribution is 7.98. The summed E-state index contributed by atoms with van der Waals surface area (Å²) in [5.74, 6) is 2.92. The van der Waals surface area contributed by atoms with E-state index in [2.05, 4.69) is 10.1 Å². The smallest absolute Gasteiger partial charge is 0.236 e. The van der Waals surface area contributed by atoms with Crippen molar-refractivity contribution in [1.82, 2.24) is 10.1 Å². The van der Waals surface area contributed by atoms with Gasteiger partial charge in [0.1, 0.15) is 0 Å². The van der Waals surface area contributed by atoms with Gasteiger partial charge in [-0.25, -0.2) is 0 Å². The van der Waals surface area contributed by atoms with Gasteiger partial charge in [-0.1, -0.05) is 35.5 Å². The molecule has 0 saturated heterocycles. The first-order valence-corrected chi connectivity index (χ1v) is 6.21. The molecule has 4 nitrogen and oxygen atoms in total. The van der Waals surface area contributed by atoms with Crippen LogP contribution in [0.15, 0.2) is 34.9 Å². The Hall–Kier alpha value is -1.33. The SMILES string of the molecule is NCCSCc1nc(-c2ccccc2)no1. The van der Waals surface area contributed by atoms with Crippen molar-refractivity contribution in [3.63, 3.8) is 0 Å². The molecule has 0 spiro atoms. The highest BCUT2D eigenvalue weighted by Gasteiger charge is 2.07. The van der Waals surface area contributed by atoms with E-state index in [1.54, 1.807) is 11.8 Å². The van der Waals surface area contributed by atoms with Crippen molar-refractivity contribution in [3.8, 4) is 11.4 Å². The zero-order valence-electron chi connectivity index (χ0n) is 8.80. The van der Waals surface area contributed by atoms with Crippen LogP contribution in [0.25, 0.3) is 11.4 Å². The van der Waals surface area contributed by atoms with Crippen molar-refractivity contribution in [2.45, 2.75) is 5.75 Å². The van der Waals surface area contributed by atoms with E-state index in [9.17, 15) is 0 Å². The van der Waals surface area contributed by atoms with Gasteiger partial charge < -0.3 is 10.3 Å². The van der Waals surface area contributed by atoms with Crippen molar-refractivity contribution < 1.29 is 4.52 Å². The molecule has 0 radical (unpaired) electrons. The first-order valence-electron chi connectivity index (χ1n) is 5.06. The van der Waals surface area contributed by atoms with E-state index in [0.717, 1.165) is 17.1 Å². The first-order chi connectivity index (χ1) is 7.90. The predicted octanol–water partition coefficient (Wildman–Crippen LogP) is 1.93. The molecule has 0 saturated carbocycles. The van der Waals surface area contributed by atoms with Gasteiger partial charge in [0.25, 0.3) is 0 Å². The second-order valence-corrected chi connectivity index (χ2v) is 4.32. The monoisotopic (exact) mass is 235 g/mol. The fourth-order valence-corrected chi connectivity index (χ4v) is 1.86. The van der Waals surface area contributed by atoms with Crippen LogP contribution in [-0.4, -0.2) is 22.4 Å². The van der Waals surface area contributed by atoms with Crippen molar-refractivity contribution in [2.24, 2.45) is 5.73 Å². The lowest BCUT2D eigenvalue weighted by molar-refractivity contribution is 0.391. The molecule has 16 heavy (non-hydrogen) atoms. The lowest BCUT2D eigenvalue weighted by Gasteiger charge is -1.92. The maximum absolute atomic E-state index is 5.40. The van der Waals surface area contributed by atoms with Crippen LogP contribution in [0.3, 0.4) is 0 Å². The molecule has 2 rings (SSSR count). The topological polar surface area (TPSA) is 64.9 Å². The number of hydrogen-bond donors (Lipinski definition) is 1. The minimum Gasteiger partial charge on any atom is -0.338 e. The van der Waals surface area contributed by atoms with Gasteiger partial charge in [0.2, 0.25) is 11.7 Å². The molecule has 0 aliphatic rings. The van der Waals surface area contributed by atoms with Gasteiger partial charge in [-0.3, -0.25) is 0 Å². The molecule has 0 aliphatic heterocycles. The summed E-state index contributed by atoms with van der Waals surface area (Å²) in [6.45, 7) is 0.671. The van der Waals surface area contributed by atoms with Crippen molar-refractivity contribution in [2.75, 3.05) is 12.3 Å². The fourth-order valence-electron chi connectivity index (χ4n) is 1.26. The zero-order valence-corrected chi connectivity index (χ0v) is 9.61. The van der Waals surface area contributed by atoms with Crippen LogP contribution in [0.2, 0.25) is 0 Å². The van der Waals surface area contributed by atoms with Crippen LogP contribution in [0.5, 0.6) is 0 Å². The molecule has 0 atom stereocenters. The molecule has 0 unspecified atom stereocenters. The molecule has 1 aromatic carbocycles. The highest BCUT2D eigenvalue weighted by atomic mass is 32.2. The summed E-state index contributed by atoms with van der Waals surface area (Å²) in [5, 5.41) is 3.93. The standard InChI is InChI=1S/C11H13N3OS/c12-6-7-16-8-10-13-11(14-15-10)9-4-2-1-3-5-9/h1-5H,6-8,12H2. The summed E-state index contributed by atoms with van der Waals surface area (Å²) < 4.78 is 5.14. The summed E-state index contributed by atoms with van der Waals surface area (Å²) in [6.07, 6.45) is 0. The lowest BCUT2D eigenvalue weighted by Crippen LogP contribution is -2.01. The summed E-state index contributed by atoms with van der Waals surface area (Å²) in [7, 11) is 0. The Morgan fingerprint density at radius 1 is 1.25 bits per heavy atom. The van der Waals surface area contributed by atoms with Gasteiger partial charge in [0, 0.05) is 17.9 Å². The molecule has 2 aromatic rings. The normalized spacial score (nSPS) is 10.6. The van der Waals surface area contributed by atoms with Crippen molar-refractivity contribution in [1.29, 1.82) is 0 Å². The molecule has 5 heteroatoms. The number of nitrogens with two attached hydrogens (primary N) is 1. The van der Waals surface area contributed by atoms with E-state index < -0.39 is 0 Å². The van der Waals surface area contributed by atoms with E-state index in [4.69, 9.17) is 10.3 Å². The Balaban J connectivity index is 2.02. The molecule has 84 valence electrons. The number of thioether (sulfide) groups is 1. The van der Waals surface area contributed by atoms with Gasteiger partial charge in [-0.15, -0.1) is 0 Å². The van der Waals surface area contributed by atoms with Gasteiger partial charge >= 0.3 is 0 Å². The fraction of sp³-hybridized carbons (Fsp3) is 0.273. The van der Waals surface area contributed by atoms with Crippen LogP contribution < -0.4 is 5.73 Å². The molecule has 0 amide bonds. The second kappa shape index (κ2) is 5.67. The van der Waals surface area contributed by atoms with Crippen LogP contribution in [0, 0.1) is 0 Å². The minimum absolute atomic E-state index is 0.643. The Morgan fingerprint density at radius 3 is 2.81 bits per heavy atom. The molecule has 0 fully saturated rings. The van der Waals surface area contributed by atoms with E-state index in [0.29, 0.717) is 18.3 Å². The Kier molecular flexibility index (Phi) is 3.96. The summed E-state index contributed by atoms with van der Waals surface area (Å²) in [6, 6.07) is 9.79. The van der Waals surface area contributed by atoms with Crippen LogP contribution >= 0.6 is 11.8 Å². The number of hydrogen-bond acceptors (Lipinski definition) is 5. The Bertz CT molecular complexity index is 430. The van der Waals surface area contributed by atoms with Crippen molar-refractivity contribution >= 4 is 11.8 Å². The average Bonchev–Trinajstić information content (AvgIpc) is 2.79. The molecule has 2 N–H and O–H groups in total. The zero-order chi connectivity index (χ0) is 11.2. The van der Waals surface area contributed by atoms with Gasteiger partial charge in [-0.05, 0) is 0 Å². The van der Waals surface area contributed by atoms with E-state index in [1.165, 1.54) is 0 Å². The summed E-state index contributed by atoms with van der Waals surface area (Å²) in [5.41, 5.74) is 6.37. The average molecular weight is 235 g/mol. The minimum atomic E-state index is 0.643. The van der Waals surface area contributed by atoms with E-state index in [-0.39, 0.29) is 0 Å². The molecular weight excluding hydrogens is 222 g/mol. The van der Waals surface area contributed by atoms with Gasteiger partial charge in [0.15, 0.2) is 0 Å². The first kappa shape index (κ1) is 11.2. The summed E-state index contributed by atoms with van der Waals surface area (Å²) in [4.78, 5) is 4.31. The number of aromatic nitrogens is 2. The van der Waals surface area contributed by atoms with Crippen molar-refractivity contribution in [3.05, 3.63) is 36.2 Å². The third kappa shape index (κ3) is 2.84. The lowest BCUT2D eigenvalue weighted by atomic mass is 10.2. The molecule has 1 aromatic heterocycles. The largest absolute Gasteiger partial charge is 0.338 e. The third-order valence-electron chi connectivity index (χ3n) is 1.99. The number of nitrogens with zero attached hydrogens (tertiary/aromatic N) is 2. The number of benzene rings is 1. The molecule has 0 bridgehead atoms. The number of rotatable bonds is 5. The van der Waals surface area contributed by atoms with E-state index >= 15 is 0 Å². The van der Waals surface area contributed by atoms with Gasteiger partial charge in [0.05, 0.1) is 5.75 Å². The van der Waals surface area contributed by atoms with Crippen LogP contribution in [0.1, 0.15) is 5.89 Å². The summed E-state index contributed by atoms with van der Waals surface area (Å²) >= 11 is 1.69. The van der Waals surface area contributed by atoms with Crippen LogP contribution in [-0.2, 0) is 5.75 Å². The van der Waals surface area contributed by atoms with Crippen LogP contribution in [0.4, 0.5) is 0 Å². The predicted molar refractivity (Wildman–Crippen MR) is 65.0 cm³/mol. The molecule has 0 aliphatic carbocycles. The quantitative estimate of drug-likeness (QED) is 0.802.